The van der Waals surface area contributed by atoms with E-state index in [0.717, 1.165) is 18.4 Å². The molecule has 1 heterocycles. The van der Waals surface area contributed by atoms with Crippen molar-refractivity contribution in [3.8, 4) is 0 Å². The molecule has 11 heteroatoms. The van der Waals surface area contributed by atoms with Gasteiger partial charge in [0.2, 0.25) is 10.0 Å². The van der Waals surface area contributed by atoms with Crippen LogP contribution in [0.5, 0.6) is 0 Å². The van der Waals surface area contributed by atoms with Gasteiger partial charge in [0.05, 0.1) is 25.0 Å². The second-order valence-electron chi connectivity index (χ2n) is 6.68. The van der Waals surface area contributed by atoms with E-state index in [1.54, 1.807) is 6.07 Å². The number of alkyl halides is 3. The summed E-state index contributed by atoms with van der Waals surface area (Å²) in [5, 5.41) is 3.17. The number of nitrogens with zero attached hydrogens (tertiary/aromatic N) is 2. The molecule has 1 aliphatic rings. The van der Waals surface area contributed by atoms with Crippen molar-refractivity contribution in [3.05, 3.63) is 35.4 Å². The maximum atomic E-state index is 13.0. The molecule has 29 heavy (non-hydrogen) atoms. The van der Waals surface area contributed by atoms with E-state index in [2.05, 4.69) is 15.0 Å². The zero-order valence-electron chi connectivity index (χ0n) is 16.5. The summed E-state index contributed by atoms with van der Waals surface area (Å²) in [4.78, 5) is 6.45. The molecular weight excluding hydrogens is 409 g/mol. The molecule has 7 nitrogen and oxygen atoms in total. The number of hydrogen-bond acceptors (Lipinski definition) is 4. The van der Waals surface area contributed by atoms with Crippen LogP contribution in [0.25, 0.3) is 0 Å². The molecule has 0 bridgehead atoms. The molecule has 0 amide bonds. The van der Waals surface area contributed by atoms with Gasteiger partial charge in [-0.05, 0) is 31.0 Å². The zero-order chi connectivity index (χ0) is 21.5. The average molecular weight is 437 g/mol. The Labute approximate surface area is 169 Å². The van der Waals surface area contributed by atoms with Gasteiger partial charge in [0, 0.05) is 26.2 Å². The number of guanidine groups is 1. The number of rotatable bonds is 7. The lowest BCUT2D eigenvalue weighted by Gasteiger charge is -2.35. The maximum absolute atomic E-state index is 13.0. The third kappa shape index (κ3) is 7.82. The number of benzene rings is 1. The fourth-order valence-electron chi connectivity index (χ4n) is 2.91. The van der Waals surface area contributed by atoms with Crippen LogP contribution < -0.4 is 10.0 Å². The molecule has 0 aromatic heterocycles. The van der Waals surface area contributed by atoms with Gasteiger partial charge in [-0.25, -0.2) is 13.1 Å². The first kappa shape index (κ1) is 23.4. The summed E-state index contributed by atoms with van der Waals surface area (Å²) in [6.07, 6.45) is -3.27. The first-order valence-corrected chi connectivity index (χ1v) is 11.3. The molecular formula is C18H27F3N4O3S. The SMILES string of the molecule is CCNC(=NCCCNS(C)(=O)=O)N1CCOC(c2cccc(C(F)(F)F)c2)C1. The van der Waals surface area contributed by atoms with Crippen LogP contribution in [0, 0.1) is 0 Å². The normalized spacial score (nSPS) is 18.7. The standard InChI is InChI=1S/C18H27F3N4O3S/c1-3-22-17(23-8-5-9-24-29(2,26)27)25-10-11-28-16(13-25)14-6-4-7-15(12-14)18(19,20)21/h4,6-7,12,16,24H,3,5,8-11,13H2,1-2H3,(H,22,23). The van der Waals surface area contributed by atoms with Crippen molar-refractivity contribution in [3.63, 3.8) is 0 Å². The third-order valence-corrected chi connectivity index (χ3v) is 4.98. The number of hydrogen-bond donors (Lipinski definition) is 2. The molecule has 0 spiro atoms. The largest absolute Gasteiger partial charge is 0.416 e. The fourth-order valence-corrected chi connectivity index (χ4v) is 3.42. The van der Waals surface area contributed by atoms with Crippen molar-refractivity contribution in [2.45, 2.75) is 25.6 Å². The zero-order valence-corrected chi connectivity index (χ0v) is 17.3. The van der Waals surface area contributed by atoms with Crippen LogP contribution in [0.4, 0.5) is 13.2 Å². The van der Waals surface area contributed by atoms with E-state index < -0.39 is 27.9 Å². The summed E-state index contributed by atoms with van der Waals surface area (Å²) < 4.78 is 69.3. The molecule has 0 aliphatic carbocycles. The van der Waals surface area contributed by atoms with E-state index in [1.165, 1.54) is 6.07 Å². The summed E-state index contributed by atoms with van der Waals surface area (Å²) in [6.45, 7) is 4.55. The lowest BCUT2D eigenvalue weighted by Crippen LogP contribution is -2.48. The average Bonchev–Trinajstić information content (AvgIpc) is 2.65. The first-order valence-electron chi connectivity index (χ1n) is 9.37. The Hall–Kier alpha value is -1.85. The number of aliphatic imine (C=N–C) groups is 1. The Morgan fingerprint density at radius 3 is 2.79 bits per heavy atom. The molecule has 1 fully saturated rings. The van der Waals surface area contributed by atoms with E-state index in [-0.39, 0.29) is 6.54 Å². The van der Waals surface area contributed by atoms with E-state index in [9.17, 15) is 21.6 Å². The molecule has 1 aliphatic heterocycles. The van der Waals surface area contributed by atoms with Gasteiger partial charge in [-0.2, -0.15) is 13.2 Å². The maximum Gasteiger partial charge on any atom is 0.416 e. The second kappa shape index (κ2) is 10.3. The molecule has 1 aromatic carbocycles. The highest BCUT2D eigenvalue weighted by molar-refractivity contribution is 7.88. The van der Waals surface area contributed by atoms with Crippen LogP contribution in [-0.4, -0.2) is 64.9 Å². The van der Waals surface area contributed by atoms with Crippen molar-refractivity contribution in [1.29, 1.82) is 0 Å². The van der Waals surface area contributed by atoms with E-state index >= 15 is 0 Å². The third-order valence-electron chi connectivity index (χ3n) is 4.25. The molecule has 1 unspecified atom stereocenters. The van der Waals surface area contributed by atoms with Gasteiger partial charge in [-0.3, -0.25) is 4.99 Å². The molecule has 2 rings (SSSR count). The van der Waals surface area contributed by atoms with Gasteiger partial charge in [0.15, 0.2) is 5.96 Å². The van der Waals surface area contributed by atoms with E-state index in [0.29, 0.717) is 50.7 Å². The number of halogens is 3. The topological polar surface area (TPSA) is 83.0 Å². The van der Waals surface area contributed by atoms with Crippen LogP contribution in [-0.2, 0) is 20.9 Å². The lowest BCUT2D eigenvalue weighted by atomic mass is 10.0. The highest BCUT2D eigenvalue weighted by atomic mass is 32.2. The predicted octanol–water partition coefficient (Wildman–Crippen LogP) is 1.98. The summed E-state index contributed by atoms with van der Waals surface area (Å²) in [5.74, 6) is 0.632. The predicted molar refractivity (Wildman–Crippen MR) is 105 cm³/mol. The van der Waals surface area contributed by atoms with Gasteiger partial charge in [-0.15, -0.1) is 0 Å². The lowest BCUT2D eigenvalue weighted by molar-refractivity contribution is -0.137. The Kier molecular flexibility index (Phi) is 8.29. The number of morpholine rings is 1. The fraction of sp³-hybridized carbons (Fsp3) is 0.611. The molecule has 1 saturated heterocycles. The van der Waals surface area contributed by atoms with Gasteiger partial charge in [0.1, 0.15) is 6.10 Å². The minimum Gasteiger partial charge on any atom is -0.370 e. The monoisotopic (exact) mass is 436 g/mol. The van der Waals surface area contributed by atoms with E-state index in [1.807, 2.05) is 11.8 Å². The summed E-state index contributed by atoms with van der Waals surface area (Å²) >= 11 is 0. The van der Waals surface area contributed by atoms with Crippen molar-refractivity contribution in [2.24, 2.45) is 4.99 Å². The van der Waals surface area contributed by atoms with Crippen molar-refractivity contribution in [1.82, 2.24) is 14.9 Å². The Morgan fingerprint density at radius 1 is 1.38 bits per heavy atom. The van der Waals surface area contributed by atoms with Crippen LogP contribution in [0.1, 0.15) is 30.6 Å². The Balaban J connectivity index is 2.03. The van der Waals surface area contributed by atoms with E-state index in [4.69, 9.17) is 4.74 Å². The second-order valence-corrected chi connectivity index (χ2v) is 8.52. The molecule has 1 atom stereocenters. The highest BCUT2D eigenvalue weighted by Gasteiger charge is 2.32. The summed E-state index contributed by atoms with van der Waals surface area (Å²) in [7, 11) is -3.23. The van der Waals surface area contributed by atoms with Crippen LogP contribution in [0.2, 0.25) is 0 Å². The molecule has 1 aromatic rings. The Bertz CT molecular complexity index is 800. The van der Waals surface area contributed by atoms with Gasteiger partial charge < -0.3 is 15.0 Å². The minimum atomic E-state index is -4.40. The highest BCUT2D eigenvalue weighted by Crippen LogP contribution is 2.32. The van der Waals surface area contributed by atoms with Crippen molar-refractivity contribution >= 4 is 16.0 Å². The number of nitrogens with one attached hydrogen (secondary N) is 2. The van der Waals surface area contributed by atoms with Crippen LogP contribution in [0.3, 0.4) is 0 Å². The first-order chi connectivity index (χ1) is 13.6. The summed E-state index contributed by atoms with van der Waals surface area (Å²) in [6, 6.07) is 5.17. The number of sulfonamides is 1. The van der Waals surface area contributed by atoms with Gasteiger partial charge in [-0.1, -0.05) is 12.1 Å². The quantitative estimate of drug-likeness (QED) is 0.388. The molecule has 0 radical (unpaired) electrons. The molecule has 0 saturated carbocycles. The number of ether oxygens (including phenoxy) is 1. The Morgan fingerprint density at radius 2 is 2.14 bits per heavy atom. The minimum absolute atomic E-state index is 0.289. The van der Waals surface area contributed by atoms with Gasteiger partial charge in [0.25, 0.3) is 0 Å². The van der Waals surface area contributed by atoms with Crippen LogP contribution >= 0.6 is 0 Å². The van der Waals surface area contributed by atoms with Crippen molar-refractivity contribution < 1.29 is 26.3 Å². The molecule has 2 N–H and O–H groups in total. The summed E-state index contributed by atoms with van der Waals surface area (Å²) in [5.41, 5.74) is -0.229. The van der Waals surface area contributed by atoms with Crippen LogP contribution in [0.15, 0.2) is 29.3 Å². The van der Waals surface area contributed by atoms with Gasteiger partial charge >= 0.3 is 6.18 Å². The smallest absolute Gasteiger partial charge is 0.370 e. The molecule has 164 valence electrons. The van der Waals surface area contributed by atoms with Crippen molar-refractivity contribution in [2.75, 3.05) is 45.6 Å².